The maximum absolute atomic E-state index is 9.56. The summed E-state index contributed by atoms with van der Waals surface area (Å²) in [4.78, 5) is 2.76. The smallest absolute Gasteiger partial charge is 0.0610 e. The summed E-state index contributed by atoms with van der Waals surface area (Å²) in [6.07, 6.45) is 10.9. The summed E-state index contributed by atoms with van der Waals surface area (Å²) in [7, 11) is 0. The van der Waals surface area contributed by atoms with E-state index in [1.807, 2.05) is 0 Å². The summed E-state index contributed by atoms with van der Waals surface area (Å²) in [5, 5.41) is 13.0. The zero-order valence-electron chi connectivity index (χ0n) is 13.5. The third kappa shape index (κ3) is 4.19. The molecule has 1 saturated carbocycles. The van der Waals surface area contributed by atoms with Gasteiger partial charge in [0.1, 0.15) is 0 Å². The Hall–Kier alpha value is -0.120. The van der Waals surface area contributed by atoms with Gasteiger partial charge in [-0.05, 0) is 71.0 Å². The van der Waals surface area contributed by atoms with Crippen LogP contribution in [0.1, 0.15) is 65.2 Å². The standard InChI is InChI=1S/C17H34N2O/c1-3-18-17(2,14-20)11-7-13-19-12-6-9-15-8-4-5-10-16(15)19/h15-16,18,20H,3-14H2,1-2H3/t15-,16-,17?/m1/s1. The van der Waals surface area contributed by atoms with Crippen molar-refractivity contribution in [1.82, 2.24) is 10.2 Å². The van der Waals surface area contributed by atoms with Gasteiger partial charge in [0.05, 0.1) is 6.61 Å². The molecule has 2 rings (SSSR count). The first kappa shape index (κ1) is 16.3. The van der Waals surface area contributed by atoms with Gasteiger partial charge in [0.2, 0.25) is 0 Å². The fourth-order valence-electron chi connectivity index (χ4n) is 4.33. The van der Waals surface area contributed by atoms with E-state index in [2.05, 4.69) is 24.1 Å². The Labute approximate surface area is 125 Å². The van der Waals surface area contributed by atoms with Gasteiger partial charge in [0, 0.05) is 11.6 Å². The van der Waals surface area contributed by atoms with Crippen molar-refractivity contribution >= 4 is 0 Å². The molecule has 1 saturated heterocycles. The number of piperidine rings is 1. The molecule has 2 N–H and O–H groups in total. The van der Waals surface area contributed by atoms with E-state index in [9.17, 15) is 5.11 Å². The highest BCUT2D eigenvalue weighted by Gasteiger charge is 2.33. The Balaban J connectivity index is 1.77. The lowest BCUT2D eigenvalue weighted by Gasteiger charge is -2.44. The molecular weight excluding hydrogens is 248 g/mol. The number of nitrogens with one attached hydrogen (secondary N) is 1. The van der Waals surface area contributed by atoms with Crippen LogP contribution in [0.2, 0.25) is 0 Å². The number of aliphatic hydroxyl groups is 1. The summed E-state index contributed by atoms with van der Waals surface area (Å²) in [6, 6.07) is 0.872. The summed E-state index contributed by atoms with van der Waals surface area (Å²) >= 11 is 0. The molecule has 3 heteroatoms. The molecule has 2 fully saturated rings. The molecule has 1 aliphatic heterocycles. The molecular formula is C17H34N2O. The Morgan fingerprint density at radius 3 is 2.70 bits per heavy atom. The van der Waals surface area contributed by atoms with Crippen molar-refractivity contribution in [3.05, 3.63) is 0 Å². The van der Waals surface area contributed by atoms with Crippen LogP contribution in [0, 0.1) is 5.92 Å². The van der Waals surface area contributed by atoms with Gasteiger partial charge < -0.3 is 15.3 Å². The van der Waals surface area contributed by atoms with Crippen molar-refractivity contribution in [1.29, 1.82) is 0 Å². The topological polar surface area (TPSA) is 35.5 Å². The Bertz CT molecular complexity index is 282. The molecule has 3 atom stereocenters. The average Bonchev–Trinajstić information content (AvgIpc) is 2.48. The van der Waals surface area contributed by atoms with Crippen LogP contribution < -0.4 is 5.32 Å². The number of nitrogens with zero attached hydrogens (tertiary/aromatic N) is 1. The van der Waals surface area contributed by atoms with Crippen molar-refractivity contribution in [3.8, 4) is 0 Å². The van der Waals surface area contributed by atoms with Crippen molar-refractivity contribution in [3.63, 3.8) is 0 Å². The van der Waals surface area contributed by atoms with Gasteiger partial charge in [-0.1, -0.05) is 19.8 Å². The molecule has 1 heterocycles. The first-order chi connectivity index (χ1) is 9.68. The molecule has 0 bridgehead atoms. The van der Waals surface area contributed by atoms with E-state index in [0.717, 1.165) is 24.9 Å². The minimum atomic E-state index is -0.0868. The fourth-order valence-corrected chi connectivity index (χ4v) is 4.33. The molecule has 0 radical (unpaired) electrons. The second-order valence-electron chi connectivity index (χ2n) is 7.14. The lowest BCUT2D eigenvalue weighted by atomic mass is 9.78. The predicted octanol–water partition coefficient (Wildman–Crippen LogP) is 2.78. The Kier molecular flexibility index (Phi) is 6.31. The third-order valence-electron chi connectivity index (χ3n) is 5.48. The number of aliphatic hydroxyl groups excluding tert-OH is 1. The largest absolute Gasteiger partial charge is 0.394 e. The lowest BCUT2D eigenvalue weighted by molar-refractivity contribution is 0.0560. The van der Waals surface area contributed by atoms with Gasteiger partial charge >= 0.3 is 0 Å². The quantitative estimate of drug-likeness (QED) is 0.754. The molecule has 0 aromatic heterocycles. The monoisotopic (exact) mass is 282 g/mol. The number of rotatable bonds is 7. The van der Waals surface area contributed by atoms with E-state index in [1.54, 1.807) is 0 Å². The fraction of sp³-hybridized carbons (Fsp3) is 1.00. The first-order valence-electron chi connectivity index (χ1n) is 8.78. The van der Waals surface area contributed by atoms with Gasteiger partial charge in [0.25, 0.3) is 0 Å². The van der Waals surface area contributed by atoms with Crippen molar-refractivity contribution in [2.45, 2.75) is 76.8 Å². The third-order valence-corrected chi connectivity index (χ3v) is 5.48. The van der Waals surface area contributed by atoms with Gasteiger partial charge in [0.15, 0.2) is 0 Å². The van der Waals surface area contributed by atoms with E-state index >= 15 is 0 Å². The molecule has 20 heavy (non-hydrogen) atoms. The van der Waals surface area contributed by atoms with Crippen LogP contribution in [0.15, 0.2) is 0 Å². The van der Waals surface area contributed by atoms with Gasteiger partial charge in [-0.15, -0.1) is 0 Å². The minimum Gasteiger partial charge on any atom is -0.394 e. The highest BCUT2D eigenvalue weighted by molar-refractivity contribution is 4.88. The average molecular weight is 282 g/mol. The first-order valence-corrected chi connectivity index (χ1v) is 8.78. The van der Waals surface area contributed by atoms with E-state index in [1.165, 1.54) is 58.0 Å². The zero-order valence-corrected chi connectivity index (χ0v) is 13.5. The summed E-state index contributed by atoms with van der Waals surface area (Å²) < 4.78 is 0. The molecule has 1 aliphatic carbocycles. The second-order valence-corrected chi connectivity index (χ2v) is 7.14. The van der Waals surface area contributed by atoms with Crippen LogP contribution in [-0.4, -0.2) is 47.8 Å². The number of hydrogen-bond donors (Lipinski definition) is 2. The minimum absolute atomic E-state index is 0.0868. The van der Waals surface area contributed by atoms with Crippen LogP contribution >= 0.6 is 0 Å². The summed E-state index contributed by atoms with van der Waals surface area (Å²) in [5.41, 5.74) is -0.0868. The molecule has 0 aromatic carbocycles. The van der Waals surface area contributed by atoms with Crippen LogP contribution in [0.3, 0.4) is 0 Å². The number of likely N-dealkylation sites (N-methyl/N-ethyl adjacent to an activating group) is 1. The number of likely N-dealkylation sites (tertiary alicyclic amines) is 1. The molecule has 1 unspecified atom stereocenters. The molecule has 0 aromatic rings. The van der Waals surface area contributed by atoms with Crippen LogP contribution in [0.25, 0.3) is 0 Å². The van der Waals surface area contributed by atoms with Crippen molar-refractivity contribution in [2.24, 2.45) is 5.92 Å². The summed E-state index contributed by atoms with van der Waals surface area (Å²) in [6.45, 7) is 7.97. The normalized spacial score (nSPS) is 30.8. The van der Waals surface area contributed by atoms with Crippen LogP contribution in [0.4, 0.5) is 0 Å². The van der Waals surface area contributed by atoms with Crippen LogP contribution in [-0.2, 0) is 0 Å². The van der Waals surface area contributed by atoms with E-state index in [0.29, 0.717) is 0 Å². The van der Waals surface area contributed by atoms with Gasteiger partial charge in [-0.3, -0.25) is 0 Å². The molecule has 0 amide bonds. The molecule has 2 aliphatic rings. The van der Waals surface area contributed by atoms with Gasteiger partial charge in [-0.2, -0.15) is 0 Å². The van der Waals surface area contributed by atoms with Gasteiger partial charge in [-0.25, -0.2) is 0 Å². The maximum atomic E-state index is 9.56. The second kappa shape index (κ2) is 7.77. The molecule has 118 valence electrons. The predicted molar refractivity (Wildman–Crippen MR) is 85.0 cm³/mol. The van der Waals surface area contributed by atoms with E-state index in [4.69, 9.17) is 0 Å². The highest BCUT2D eigenvalue weighted by atomic mass is 16.3. The number of hydrogen-bond acceptors (Lipinski definition) is 3. The Morgan fingerprint density at radius 2 is 1.95 bits per heavy atom. The highest BCUT2D eigenvalue weighted by Crippen LogP contribution is 2.35. The van der Waals surface area contributed by atoms with E-state index < -0.39 is 0 Å². The van der Waals surface area contributed by atoms with Crippen molar-refractivity contribution in [2.75, 3.05) is 26.2 Å². The molecule has 0 spiro atoms. The van der Waals surface area contributed by atoms with Crippen LogP contribution in [0.5, 0.6) is 0 Å². The SMILES string of the molecule is CCNC(C)(CO)CCCN1CCC[C@H]2CCCC[C@H]21. The lowest BCUT2D eigenvalue weighted by Crippen LogP contribution is -2.49. The zero-order chi connectivity index (χ0) is 14.4. The number of fused-ring (bicyclic) bond motifs is 1. The van der Waals surface area contributed by atoms with Crippen molar-refractivity contribution < 1.29 is 5.11 Å². The Morgan fingerprint density at radius 1 is 1.20 bits per heavy atom. The molecule has 3 nitrogen and oxygen atoms in total. The summed E-state index contributed by atoms with van der Waals surface area (Å²) in [5.74, 6) is 0.982. The van der Waals surface area contributed by atoms with E-state index in [-0.39, 0.29) is 12.1 Å². The maximum Gasteiger partial charge on any atom is 0.0610 e.